The van der Waals surface area contributed by atoms with Crippen LogP contribution in [0.15, 0.2) is 36.7 Å². The molecule has 1 aromatic carbocycles. The van der Waals surface area contributed by atoms with E-state index in [1.165, 1.54) is 0 Å². The fourth-order valence-electron chi connectivity index (χ4n) is 2.26. The number of ether oxygens (including phenoxy) is 2. The van der Waals surface area contributed by atoms with Gasteiger partial charge < -0.3 is 15.2 Å². The molecule has 0 aliphatic rings. The molecule has 0 fully saturated rings. The highest BCUT2D eigenvalue weighted by molar-refractivity contribution is 5.44. The normalized spacial score (nSPS) is 12.1. The Balaban J connectivity index is 1.80. The Morgan fingerprint density at radius 1 is 1.26 bits per heavy atom. The Morgan fingerprint density at radius 2 is 2.09 bits per heavy atom. The van der Waals surface area contributed by atoms with Crippen LogP contribution in [0.25, 0.3) is 0 Å². The summed E-state index contributed by atoms with van der Waals surface area (Å²) in [5.74, 6) is 2.48. The van der Waals surface area contributed by atoms with Gasteiger partial charge in [-0.25, -0.2) is 4.98 Å². The number of benzene rings is 1. The number of methoxy groups -OCH3 is 2. The van der Waals surface area contributed by atoms with Gasteiger partial charge in [0.2, 0.25) is 0 Å². The van der Waals surface area contributed by atoms with Crippen molar-refractivity contribution < 1.29 is 9.47 Å². The van der Waals surface area contributed by atoms with Gasteiger partial charge in [0, 0.05) is 12.4 Å². The van der Waals surface area contributed by atoms with E-state index in [4.69, 9.17) is 15.2 Å². The summed E-state index contributed by atoms with van der Waals surface area (Å²) in [5, 5.41) is 11.2. The first-order valence-electron chi connectivity index (χ1n) is 7.07. The van der Waals surface area contributed by atoms with E-state index in [1.54, 1.807) is 25.1 Å². The fourth-order valence-corrected chi connectivity index (χ4v) is 2.26. The molecule has 0 bridgehead atoms. The second-order valence-electron chi connectivity index (χ2n) is 4.94. The second-order valence-corrected chi connectivity index (χ2v) is 4.94. The Labute approximate surface area is 133 Å². The first-order valence-corrected chi connectivity index (χ1v) is 7.07. The quantitative estimate of drug-likeness (QED) is 0.706. The Bertz CT molecular complexity index is 768. The van der Waals surface area contributed by atoms with Gasteiger partial charge in [0.25, 0.3) is 0 Å². The number of H-pyrrole nitrogens is 1. The zero-order chi connectivity index (χ0) is 16.2. The summed E-state index contributed by atoms with van der Waals surface area (Å²) in [4.78, 5) is 4.43. The highest BCUT2D eigenvalue weighted by atomic mass is 16.5. The van der Waals surface area contributed by atoms with Crippen molar-refractivity contribution in [1.82, 2.24) is 25.0 Å². The molecule has 120 valence electrons. The molecule has 8 heteroatoms. The number of nitrogens with zero attached hydrogens (tertiary/aromatic N) is 4. The number of rotatable bonds is 6. The molecule has 0 saturated heterocycles. The molecule has 0 unspecified atom stereocenters. The van der Waals surface area contributed by atoms with E-state index in [9.17, 15) is 0 Å². The van der Waals surface area contributed by atoms with Crippen LogP contribution in [0.2, 0.25) is 0 Å². The van der Waals surface area contributed by atoms with Crippen LogP contribution in [0.1, 0.15) is 23.3 Å². The van der Waals surface area contributed by atoms with Crippen LogP contribution in [0, 0.1) is 0 Å². The topological polar surface area (TPSA) is 104 Å². The van der Waals surface area contributed by atoms with Crippen LogP contribution < -0.4 is 15.2 Å². The van der Waals surface area contributed by atoms with Crippen molar-refractivity contribution in [2.45, 2.75) is 12.6 Å². The van der Waals surface area contributed by atoms with Crippen molar-refractivity contribution in [2.75, 3.05) is 14.2 Å². The predicted molar refractivity (Wildman–Crippen MR) is 83.3 cm³/mol. The van der Waals surface area contributed by atoms with Gasteiger partial charge >= 0.3 is 0 Å². The van der Waals surface area contributed by atoms with Crippen LogP contribution in [0.4, 0.5) is 0 Å². The average Bonchev–Trinajstić information content (AvgIpc) is 3.26. The molecule has 0 aliphatic heterocycles. The Kier molecular flexibility index (Phi) is 4.24. The maximum atomic E-state index is 6.25. The number of nitrogens with two attached hydrogens (primary N) is 1. The summed E-state index contributed by atoms with van der Waals surface area (Å²) in [6, 6.07) is 6.90. The lowest BCUT2D eigenvalue weighted by molar-refractivity contribution is 0.354. The maximum absolute atomic E-state index is 6.25. The van der Waals surface area contributed by atoms with Crippen molar-refractivity contribution >= 4 is 0 Å². The third-order valence-electron chi connectivity index (χ3n) is 3.46. The second kappa shape index (κ2) is 6.49. The van der Waals surface area contributed by atoms with Gasteiger partial charge in [0.1, 0.15) is 12.4 Å². The summed E-state index contributed by atoms with van der Waals surface area (Å²) in [6.45, 7) is 0.513. The molecule has 0 spiro atoms. The minimum absolute atomic E-state index is 0.461. The minimum Gasteiger partial charge on any atom is -0.493 e. The highest BCUT2D eigenvalue weighted by Crippen LogP contribution is 2.30. The minimum atomic E-state index is -0.461. The van der Waals surface area contributed by atoms with E-state index < -0.39 is 6.04 Å². The lowest BCUT2D eigenvalue weighted by atomic mass is 10.1. The van der Waals surface area contributed by atoms with Crippen molar-refractivity contribution in [3.8, 4) is 11.5 Å². The van der Waals surface area contributed by atoms with Gasteiger partial charge in [0.15, 0.2) is 17.3 Å². The molecule has 0 saturated carbocycles. The molecule has 0 aliphatic carbocycles. The largest absolute Gasteiger partial charge is 0.493 e. The molecular formula is C15H18N6O2. The van der Waals surface area contributed by atoms with Crippen molar-refractivity contribution in [2.24, 2.45) is 5.73 Å². The third kappa shape index (κ3) is 3.16. The van der Waals surface area contributed by atoms with Gasteiger partial charge in [0.05, 0.1) is 20.3 Å². The van der Waals surface area contributed by atoms with Crippen molar-refractivity contribution in [3.63, 3.8) is 0 Å². The summed E-state index contributed by atoms with van der Waals surface area (Å²) in [7, 11) is 3.18. The lowest BCUT2D eigenvalue weighted by Crippen LogP contribution is -2.14. The van der Waals surface area contributed by atoms with E-state index in [0.29, 0.717) is 29.7 Å². The van der Waals surface area contributed by atoms with Gasteiger partial charge in [-0.2, -0.15) is 10.2 Å². The summed E-state index contributed by atoms with van der Waals surface area (Å²) in [5.41, 5.74) is 7.09. The average molecular weight is 314 g/mol. The summed E-state index contributed by atoms with van der Waals surface area (Å²) in [6.07, 6.45) is 3.57. The van der Waals surface area contributed by atoms with E-state index >= 15 is 0 Å². The highest BCUT2D eigenvalue weighted by Gasteiger charge is 2.17. The van der Waals surface area contributed by atoms with Gasteiger partial charge in [-0.3, -0.25) is 9.78 Å². The van der Waals surface area contributed by atoms with Crippen LogP contribution in [0.5, 0.6) is 11.5 Å². The van der Waals surface area contributed by atoms with Crippen LogP contribution in [-0.4, -0.2) is 39.2 Å². The molecule has 2 heterocycles. The molecule has 3 aromatic rings. The summed E-state index contributed by atoms with van der Waals surface area (Å²) < 4.78 is 12.3. The molecule has 23 heavy (non-hydrogen) atoms. The molecule has 8 nitrogen and oxygen atoms in total. The molecular weight excluding hydrogens is 296 g/mol. The van der Waals surface area contributed by atoms with Gasteiger partial charge in [-0.1, -0.05) is 6.07 Å². The monoisotopic (exact) mass is 314 g/mol. The molecule has 2 aromatic heterocycles. The molecule has 3 N–H and O–H groups in total. The van der Waals surface area contributed by atoms with Crippen molar-refractivity contribution in [1.29, 1.82) is 0 Å². The smallest absolute Gasteiger partial charge is 0.171 e. The number of nitrogens with one attached hydrogen (secondary N) is 1. The van der Waals surface area contributed by atoms with Crippen molar-refractivity contribution in [3.05, 3.63) is 53.9 Å². The molecule has 1 atom stereocenters. The van der Waals surface area contributed by atoms with E-state index in [1.807, 2.05) is 30.5 Å². The van der Waals surface area contributed by atoms with Gasteiger partial charge in [-0.05, 0) is 23.8 Å². The zero-order valence-electron chi connectivity index (χ0n) is 12.9. The van der Waals surface area contributed by atoms with E-state index in [-0.39, 0.29) is 0 Å². The zero-order valence-corrected chi connectivity index (χ0v) is 12.9. The molecule has 0 amide bonds. The Morgan fingerprint density at radius 3 is 2.78 bits per heavy atom. The van der Waals surface area contributed by atoms with Crippen LogP contribution >= 0.6 is 0 Å². The number of hydrogen-bond donors (Lipinski definition) is 2. The fraction of sp³-hybridized carbons (Fsp3) is 0.267. The van der Waals surface area contributed by atoms with E-state index in [0.717, 1.165) is 5.56 Å². The first kappa shape index (κ1) is 15.0. The molecule has 3 rings (SSSR count). The number of hydrogen-bond acceptors (Lipinski definition) is 6. The molecule has 0 radical (unpaired) electrons. The standard InChI is InChI=1S/C15H18N6O2/c1-22-11-5-4-10(8-12(11)23-2)14(16)15-18-13(19-20-15)9-21-7-3-6-17-21/h3-8,14H,9,16H2,1-2H3,(H,18,19,20)/t14-/m0/s1. The van der Waals surface area contributed by atoms with Crippen LogP contribution in [-0.2, 0) is 6.54 Å². The number of aromatic amines is 1. The Hall–Kier alpha value is -2.87. The lowest BCUT2D eigenvalue weighted by Gasteiger charge is -2.12. The maximum Gasteiger partial charge on any atom is 0.171 e. The third-order valence-corrected chi connectivity index (χ3v) is 3.46. The SMILES string of the molecule is COc1ccc([C@H](N)c2n[nH]c(Cn3cccn3)n2)cc1OC. The predicted octanol–water partition coefficient (Wildman–Crippen LogP) is 1.11. The van der Waals surface area contributed by atoms with Gasteiger partial charge in [-0.15, -0.1) is 0 Å². The van der Waals surface area contributed by atoms with E-state index in [2.05, 4.69) is 20.3 Å². The van der Waals surface area contributed by atoms with Crippen LogP contribution in [0.3, 0.4) is 0 Å². The summed E-state index contributed by atoms with van der Waals surface area (Å²) >= 11 is 0. The first-order chi connectivity index (χ1) is 11.2. The number of aromatic nitrogens is 5.